The number of hydrogen-bond acceptors (Lipinski definition) is 10. The zero-order valence-corrected chi connectivity index (χ0v) is 25.6. The summed E-state index contributed by atoms with van der Waals surface area (Å²) in [4.78, 5) is 45.7. The van der Waals surface area contributed by atoms with Gasteiger partial charge in [0.15, 0.2) is 33.9 Å². The first kappa shape index (κ1) is 30.1. The Morgan fingerprint density at radius 1 is 1.09 bits per heavy atom. The highest BCUT2D eigenvalue weighted by Crippen LogP contribution is 2.46. The van der Waals surface area contributed by atoms with Gasteiger partial charge in [0.05, 0.1) is 35.4 Å². The molecule has 0 bridgehead atoms. The molecule has 3 aromatic rings. The molecule has 3 heterocycles. The Hall–Kier alpha value is -4.38. The SMILES string of the molecule is CCOc1cc([C@@H]2C(=C(O)c3ccc4c(c3)OCCO4)C(=O)C(=O)N2c2nc(C)c(C(C)=O)s2)ccc1OCCC(C)C. The molecule has 2 aliphatic heterocycles. The predicted octanol–water partition coefficient (Wildman–Crippen LogP) is 5.88. The number of ketones is 2. The molecular formula is C32H34N2O8S. The maximum atomic E-state index is 13.7. The molecule has 43 heavy (non-hydrogen) atoms. The number of aryl methyl sites for hydroxylation is 1. The first-order chi connectivity index (χ1) is 20.6. The van der Waals surface area contributed by atoms with Crippen molar-refractivity contribution in [2.45, 2.75) is 47.1 Å². The molecule has 0 unspecified atom stereocenters. The Morgan fingerprint density at radius 2 is 1.84 bits per heavy atom. The second-order valence-corrected chi connectivity index (χ2v) is 11.6. The lowest BCUT2D eigenvalue weighted by Crippen LogP contribution is -2.29. The Morgan fingerprint density at radius 3 is 2.51 bits per heavy atom. The van der Waals surface area contributed by atoms with Crippen LogP contribution in [-0.4, -0.2) is 54.0 Å². The maximum Gasteiger partial charge on any atom is 0.301 e. The minimum absolute atomic E-state index is 0.130. The minimum atomic E-state index is -1.07. The number of ether oxygens (including phenoxy) is 4. The number of thiazole rings is 1. The van der Waals surface area contributed by atoms with Crippen molar-refractivity contribution in [1.29, 1.82) is 0 Å². The highest BCUT2D eigenvalue weighted by atomic mass is 32.1. The molecule has 5 rings (SSSR count). The van der Waals surface area contributed by atoms with Crippen molar-refractivity contribution in [2.75, 3.05) is 31.3 Å². The van der Waals surface area contributed by atoms with Crippen molar-refractivity contribution in [1.82, 2.24) is 4.98 Å². The van der Waals surface area contributed by atoms with Gasteiger partial charge in [0.1, 0.15) is 19.0 Å². The monoisotopic (exact) mass is 606 g/mol. The summed E-state index contributed by atoms with van der Waals surface area (Å²) in [5, 5.41) is 11.8. The number of aliphatic hydroxyl groups excluding tert-OH is 1. The molecule has 0 aliphatic carbocycles. The van der Waals surface area contributed by atoms with E-state index in [9.17, 15) is 19.5 Å². The molecule has 2 aromatic carbocycles. The molecule has 1 N–H and O–H groups in total. The van der Waals surface area contributed by atoms with Gasteiger partial charge in [0, 0.05) is 12.5 Å². The van der Waals surface area contributed by atoms with Crippen molar-refractivity contribution in [3.8, 4) is 23.0 Å². The van der Waals surface area contributed by atoms with Gasteiger partial charge >= 0.3 is 5.91 Å². The van der Waals surface area contributed by atoms with E-state index in [2.05, 4.69) is 18.8 Å². The first-order valence-electron chi connectivity index (χ1n) is 14.2. The van der Waals surface area contributed by atoms with Gasteiger partial charge in [-0.25, -0.2) is 4.98 Å². The molecule has 0 radical (unpaired) electrons. The normalized spacial score (nSPS) is 17.4. The largest absolute Gasteiger partial charge is 0.507 e. The van der Waals surface area contributed by atoms with Gasteiger partial charge in [-0.1, -0.05) is 31.3 Å². The molecule has 1 saturated heterocycles. The highest BCUT2D eigenvalue weighted by molar-refractivity contribution is 7.18. The second kappa shape index (κ2) is 12.5. The molecule has 10 nitrogen and oxygen atoms in total. The number of aliphatic hydroxyl groups is 1. The topological polar surface area (TPSA) is 124 Å². The van der Waals surface area contributed by atoms with Crippen LogP contribution in [0.2, 0.25) is 0 Å². The summed E-state index contributed by atoms with van der Waals surface area (Å²) in [5.41, 5.74) is 1.10. The number of nitrogens with zero attached hydrogens (tertiary/aromatic N) is 2. The van der Waals surface area contributed by atoms with Crippen molar-refractivity contribution >= 4 is 39.7 Å². The van der Waals surface area contributed by atoms with Gasteiger partial charge in [-0.05, 0) is 62.1 Å². The van der Waals surface area contributed by atoms with Crippen LogP contribution < -0.4 is 23.8 Å². The van der Waals surface area contributed by atoms with Gasteiger partial charge in [-0.15, -0.1) is 0 Å². The number of fused-ring (bicyclic) bond motifs is 1. The van der Waals surface area contributed by atoms with E-state index in [1.807, 2.05) is 6.92 Å². The highest BCUT2D eigenvalue weighted by Gasteiger charge is 2.48. The van der Waals surface area contributed by atoms with E-state index in [4.69, 9.17) is 18.9 Å². The molecule has 1 amide bonds. The number of carbonyl (C=O) groups excluding carboxylic acids is 3. The van der Waals surface area contributed by atoms with Crippen LogP contribution in [0.5, 0.6) is 23.0 Å². The molecule has 0 saturated carbocycles. The van der Waals surface area contributed by atoms with E-state index < -0.39 is 17.7 Å². The van der Waals surface area contributed by atoms with E-state index in [-0.39, 0.29) is 27.8 Å². The molecule has 1 atom stereocenters. The van der Waals surface area contributed by atoms with Crippen LogP contribution in [0.15, 0.2) is 42.0 Å². The van der Waals surface area contributed by atoms with Gasteiger partial charge in [0.2, 0.25) is 0 Å². The third kappa shape index (κ3) is 5.94. The molecule has 1 fully saturated rings. The summed E-state index contributed by atoms with van der Waals surface area (Å²) < 4.78 is 23.2. The Labute approximate surface area is 253 Å². The van der Waals surface area contributed by atoms with Crippen LogP contribution in [0.3, 0.4) is 0 Å². The number of Topliss-reactive ketones (excluding diaryl/α,β-unsaturated/α-hetero) is 2. The Bertz CT molecular complexity index is 1610. The number of benzene rings is 2. The van der Waals surface area contributed by atoms with Crippen molar-refractivity contribution in [3.05, 3.63) is 63.7 Å². The lowest BCUT2D eigenvalue weighted by molar-refractivity contribution is -0.132. The smallest absolute Gasteiger partial charge is 0.301 e. The van der Waals surface area contributed by atoms with E-state index in [1.165, 1.54) is 11.8 Å². The summed E-state index contributed by atoms with van der Waals surface area (Å²) in [6.07, 6.45) is 0.852. The lowest BCUT2D eigenvalue weighted by atomic mass is 9.95. The fourth-order valence-corrected chi connectivity index (χ4v) is 5.98. The van der Waals surface area contributed by atoms with E-state index in [1.54, 1.807) is 43.3 Å². The van der Waals surface area contributed by atoms with Crippen LogP contribution >= 0.6 is 11.3 Å². The number of carbonyl (C=O) groups is 3. The molecule has 1 aromatic heterocycles. The van der Waals surface area contributed by atoms with Crippen LogP contribution in [0, 0.1) is 12.8 Å². The summed E-state index contributed by atoms with van der Waals surface area (Å²) in [6.45, 7) is 10.8. The zero-order valence-electron chi connectivity index (χ0n) is 24.8. The van der Waals surface area contributed by atoms with Crippen LogP contribution in [0.25, 0.3) is 5.76 Å². The van der Waals surface area contributed by atoms with Crippen LogP contribution in [-0.2, 0) is 9.59 Å². The van der Waals surface area contributed by atoms with Crippen LogP contribution in [0.4, 0.5) is 5.13 Å². The second-order valence-electron chi connectivity index (χ2n) is 10.7. The number of hydrogen-bond donors (Lipinski definition) is 1. The predicted molar refractivity (Wildman–Crippen MR) is 162 cm³/mol. The van der Waals surface area contributed by atoms with Crippen molar-refractivity contribution < 1.29 is 38.4 Å². The van der Waals surface area contributed by atoms with E-state index >= 15 is 0 Å². The summed E-state index contributed by atoms with van der Waals surface area (Å²) in [5.74, 6) is 0.0241. The summed E-state index contributed by atoms with van der Waals surface area (Å²) >= 11 is 1.02. The average molecular weight is 607 g/mol. The van der Waals surface area contributed by atoms with Gasteiger partial charge in [0.25, 0.3) is 5.78 Å². The molecule has 11 heteroatoms. The fraction of sp³-hybridized carbons (Fsp3) is 0.375. The number of anilines is 1. The molecular weight excluding hydrogens is 572 g/mol. The first-order valence-corrected chi connectivity index (χ1v) is 15.0. The minimum Gasteiger partial charge on any atom is -0.507 e. The third-order valence-electron chi connectivity index (χ3n) is 7.11. The van der Waals surface area contributed by atoms with E-state index in [0.717, 1.165) is 17.8 Å². The van der Waals surface area contributed by atoms with Gasteiger partial charge in [-0.2, -0.15) is 0 Å². The van der Waals surface area contributed by atoms with Gasteiger partial charge < -0.3 is 24.1 Å². The summed E-state index contributed by atoms with van der Waals surface area (Å²) in [7, 11) is 0. The standard InChI is InChI=1S/C32H34N2O8S/c1-6-39-24-15-20(7-9-22(24)40-12-11-17(2)3)27-26(28(36)21-8-10-23-25(16-21)42-14-13-41-23)29(37)31(38)34(27)32-33-18(4)30(43-32)19(5)35/h7-10,15-17,27,36H,6,11-14H2,1-5H3/t27-/m1/s1. The maximum absolute atomic E-state index is 13.7. The number of rotatable bonds is 10. The molecule has 226 valence electrons. The summed E-state index contributed by atoms with van der Waals surface area (Å²) in [6, 6.07) is 8.94. The number of aromatic nitrogens is 1. The quantitative estimate of drug-likeness (QED) is 0.130. The van der Waals surface area contributed by atoms with Gasteiger partial charge in [-0.3, -0.25) is 19.3 Å². The van der Waals surface area contributed by atoms with Crippen LogP contribution in [0.1, 0.15) is 66.7 Å². The Balaban J connectivity index is 1.66. The zero-order chi connectivity index (χ0) is 30.8. The molecule has 2 aliphatic rings. The third-order valence-corrected chi connectivity index (χ3v) is 8.36. The fourth-order valence-electron chi connectivity index (χ4n) is 4.99. The molecule has 0 spiro atoms. The lowest BCUT2D eigenvalue weighted by Gasteiger charge is -2.24. The van der Waals surface area contributed by atoms with Crippen molar-refractivity contribution in [2.24, 2.45) is 5.92 Å². The number of amides is 1. The van der Waals surface area contributed by atoms with Crippen molar-refractivity contribution in [3.63, 3.8) is 0 Å². The van der Waals surface area contributed by atoms with E-state index in [0.29, 0.717) is 71.5 Å². The average Bonchev–Trinajstić information content (AvgIpc) is 3.49. The Kier molecular flexibility index (Phi) is 8.72.